The van der Waals surface area contributed by atoms with Gasteiger partial charge >= 0.3 is 0 Å². The largest absolute Gasteiger partial charge is 0.493 e. The number of halogens is 2. The quantitative estimate of drug-likeness (QED) is 0.420. The molecule has 0 fully saturated rings. The Morgan fingerprint density at radius 2 is 1.58 bits per heavy atom. The van der Waals surface area contributed by atoms with Gasteiger partial charge in [-0.3, -0.25) is 9.59 Å². The van der Waals surface area contributed by atoms with Crippen LogP contribution in [0.2, 0.25) is 10.0 Å². The molecule has 1 atom stereocenters. The van der Waals surface area contributed by atoms with E-state index >= 15 is 0 Å². The Bertz CT molecular complexity index is 1010. The van der Waals surface area contributed by atoms with E-state index in [1.54, 1.807) is 6.07 Å². The molecule has 0 aliphatic heterocycles. The van der Waals surface area contributed by atoms with Crippen molar-refractivity contribution in [1.82, 2.24) is 0 Å². The fourth-order valence-corrected chi connectivity index (χ4v) is 3.15. The van der Waals surface area contributed by atoms with Crippen molar-refractivity contribution in [3.8, 4) is 23.0 Å². The first-order chi connectivity index (χ1) is 14.8. The van der Waals surface area contributed by atoms with Gasteiger partial charge in [-0.05, 0) is 25.1 Å². The summed E-state index contributed by atoms with van der Waals surface area (Å²) < 4.78 is 20.7. The summed E-state index contributed by atoms with van der Waals surface area (Å²) in [6.07, 6.45) is 0. The molecule has 0 spiro atoms. The molecular formula is C20H21Cl2N3O6. The summed E-state index contributed by atoms with van der Waals surface area (Å²) in [4.78, 5) is 24.7. The highest BCUT2D eigenvalue weighted by Gasteiger charge is 2.25. The molecule has 166 valence electrons. The average Bonchev–Trinajstić information content (AvgIpc) is 2.74. The van der Waals surface area contributed by atoms with Crippen LogP contribution in [0.3, 0.4) is 0 Å². The van der Waals surface area contributed by atoms with Gasteiger partial charge in [-0.25, -0.2) is 0 Å². The highest BCUT2D eigenvalue weighted by atomic mass is 35.5. The number of ether oxygens (including phenoxy) is 4. The Hall–Kier alpha value is -3.04. The molecule has 1 unspecified atom stereocenters. The van der Waals surface area contributed by atoms with E-state index in [9.17, 15) is 9.59 Å². The highest BCUT2D eigenvalue weighted by molar-refractivity contribution is 6.35. The summed E-state index contributed by atoms with van der Waals surface area (Å²) >= 11 is 12.4. The van der Waals surface area contributed by atoms with Crippen molar-refractivity contribution in [2.24, 2.45) is 10.2 Å². The molecule has 0 bridgehead atoms. The number of amides is 1. The molecule has 0 aliphatic carbocycles. The number of Topliss-reactive ketones (excluding diaryl/α,β-unsaturated/α-hetero) is 1. The molecule has 1 amide bonds. The van der Waals surface area contributed by atoms with E-state index in [0.717, 1.165) is 0 Å². The molecule has 11 heteroatoms. The fraction of sp³-hybridized carbons (Fsp3) is 0.300. The van der Waals surface area contributed by atoms with E-state index < -0.39 is 17.7 Å². The van der Waals surface area contributed by atoms with Crippen molar-refractivity contribution in [3.63, 3.8) is 0 Å². The van der Waals surface area contributed by atoms with Crippen LogP contribution in [0.25, 0.3) is 0 Å². The number of nitrogens with zero attached hydrogens (tertiary/aromatic N) is 2. The van der Waals surface area contributed by atoms with Crippen LogP contribution in [-0.2, 0) is 9.59 Å². The normalized spacial score (nSPS) is 11.7. The van der Waals surface area contributed by atoms with Crippen LogP contribution >= 0.6 is 23.2 Å². The van der Waals surface area contributed by atoms with Crippen LogP contribution in [0.1, 0.15) is 6.92 Å². The zero-order valence-corrected chi connectivity index (χ0v) is 19.0. The fourth-order valence-electron chi connectivity index (χ4n) is 2.59. The second-order valence-corrected chi connectivity index (χ2v) is 6.83. The van der Waals surface area contributed by atoms with E-state index in [-0.39, 0.29) is 27.2 Å². The van der Waals surface area contributed by atoms with Crippen molar-refractivity contribution < 1.29 is 28.5 Å². The number of carbonyl (C=O) groups excluding carboxylic acids is 2. The third-order valence-corrected chi connectivity index (χ3v) is 4.74. The van der Waals surface area contributed by atoms with Gasteiger partial charge in [0.1, 0.15) is 5.02 Å². The molecule has 0 saturated heterocycles. The van der Waals surface area contributed by atoms with Crippen LogP contribution in [0.5, 0.6) is 23.0 Å². The maximum atomic E-state index is 12.7. The van der Waals surface area contributed by atoms with Crippen molar-refractivity contribution >= 4 is 46.3 Å². The molecule has 9 nitrogen and oxygen atoms in total. The minimum Gasteiger partial charge on any atom is -0.493 e. The lowest BCUT2D eigenvalue weighted by Gasteiger charge is -2.15. The van der Waals surface area contributed by atoms with Gasteiger partial charge in [0.15, 0.2) is 28.8 Å². The number of anilines is 1. The summed E-state index contributed by atoms with van der Waals surface area (Å²) in [5.41, 5.74) is 0.491. The Balaban J connectivity index is 2.30. The van der Waals surface area contributed by atoms with Crippen molar-refractivity contribution in [1.29, 1.82) is 0 Å². The first-order valence-corrected chi connectivity index (χ1v) is 9.57. The predicted molar refractivity (Wildman–Crippen MR) is 117 cm³/mol. The lowest BCUT2D eigenvalue weighted by Crippen LogP contribution is -2.31. The molecule has 1 N–H and O–H groups in total. The number of nitrogens with one attached hydrogen (secondary N) is 1. The highest BCUT2D eigenvalue weighted by Crippen LogP contribution is 2.40. The summed E-state index contributed by atoms with van der Waals surface area (Å²) in [5.74, 6) is 0.0277. The number of hydrogen-bond donors (Lipinski definition) is 1. The molecule has 0 aliphatic rings. The molecule has 2 aromatic rings. The summed E-state index contributed by atoms with van der Waals surface area (Å²) in [6, 6.07) is 4.64. The van der Waals surface area contributed by atoms with E-state index in [0.29, 0.717) is 17.2 Å². The SMILES string of the molecule is COc1cc(N=NC(C(C)=O)C(=O)Nc2ccc(OC)c(OC)c2Cl)cc(Cl)c1OC. The lowest BCUT2D eigenvalue weighted by molar-refractivity contribution is -0.126. The number of carbonyl (C=O) groups is 2. The van der Waals surface area contributed by atoms with Gasteiger partial charge in [0.05, 0.1) is 44.8 Å². The Morgan fingerprint density at radius 3 is 2.13 bits per heavy atom. The monoisotopic (exact) mass is 469 g/mol. The maximum absolute atomic E-state index is 12.7. The molecule has 31 heavy (non-hydrogen) atoms. The van der Waals surface area contributed by atoms with Crippen LogP contribution < -0.4 is 24.3 Å². The minimum atomic E-state index is -1.42. The van der Waals surface area contributed by atoms with Gasteiger partial charge in [-0.2, -0.15) is 10.2 Å². The minimum absolute atomic E-state index is 0.112. The van der Waals surface area contributed by atoms with Gasteiger partial charge in [0.2, 0.25) is 6.04 Å². The average molecular weight is 470 g/mol. The van der Waals surface area contributed by atoms with E-state index in [2.05, 4.69) is 15.5 Å². The molecule has 0 aromatic heterocycles. The number of rotatable bonds is 9. The zero-order valence-electron chi connectivity index (χ0n) is 17.5. The first-order valence-electron chi connectivity index (χ1n) is 8.81. The first kappa shape index (κ1) is 24.2. The van der Waals surface area contributed by atoms with E-state index in [4.69, 9.17) is 42.1 Å². The maximum Gasteiger partial charge on any atom is 0.258 e. The van der Waals surface area contributed by atoms with E-state index in [1.807, 2.05) is 0 Å². The standard InChI is InChI=1S/C20H21Cl2N3O6/c1-10(26)17(25-24-11-8-12(21)18(30-4)15(9-11)29-3)20(27)23-13-6-7-14(28-2)19(31-5)16(13)22/h6-9,17H,1-5H3,(H,23,27). The number of azo groups is 1. The van der Waals surface area contributed by atoms with Gasteiger partial charge in [-0.15, -0.1) is 0 Å². The lowest BCUT2D eigenvalue weighted by atomic mass is 10.2. The molecule has 2 aromatic carbocycles. The summed E-state index contributed by atoms with van der Waals surface area (Å²) in [5, 5.41) is 10.7. The molecular weight excluding hydrogens is 449 g/mol. The summed E-state index contributed by atoms with van der Waals surface area (Å²) in [7, 11) is 5.75. The van der Waals surface area contributed by atoms with Crippen LogP contribution in [-0.4, -0.2) is 46.2 Å². The Kier molecular flexibility index (Phi) is 8.47. The van der Waals surface area contributed by atoms with Crippen LogP contribution in [0, 0.1) is 0 Å². The van der Waals surface area contributed by atoms with Crippen molar-refractivity contribution in [3.05, 3.63) is 34.3 Å². The van der Waals surface area contributed by atoms with Gasteiger partial charge < -0.3 is 24.3 Å². The zero-order chi connectivity index (χ0) is 23.1. The Labute approximate surface area is 189 Å². The van der Waals surface area contributed by atoms with Crippen molar-refractivity contribution in [2.75, 3.05) is 33.8 Å². The van der Waals surface area contributed by atoms with Crippen LogP contribution in [0.15, 0.2) is 34.5 Å². The predicted octanol–water partition coefficient (Wildman–Crippen LogP) is 4.71. The number of benzene rings is 2. The summed E-state index contributed by atoms with van der Waals surface area (Å²) in [6.45, 7) is 1.22. The smallest absolute Gasteiger partial charge is 0.258 e. The van der Waals surface area contributed by atoms with E-state index in [1.165, 1.54) is 53.6 Å². The number of ketones is 1. The molecule has 0 heterocycles. The molecule has 0 radical (unpaired) electrons. The molecule has 0 saturated carbocycles. The number of methoxy groups -OCH3 is 4. The van der Waals surface area contributed by atoms with Gasteiger partial charge in [-0.1, -0.05) is 23.2 Å². The third-order valence-electron chi connectivity index (χ3n) is 4.08. The van der Waals surface area contributed by atoms with Gasteiger partial charge in [0.25, 0.3) is 5.91 Å². The molecule has 2 rings (SSSR count). The topological polar surface area (TPSA) is 108 Å². The third kappa shape index (κ3) is 5.56. The second kappa shape index (κ2) is 10.8. The van der Waals surface area contributed by atoms with Crippen LogP contribution in [0.4, 0.5) is 11.4 Å². The Morgan fingerprint density at radius 1 is 0.935 bits per heavy atom. The second-order valence-electron chi connectivity index (χ2n) is 6.04. The van der Waals surface area contributed by atoms with Gasteiger partial charge in [0, 0.05) is 6.07 Å². The van der Waals surface area contributed by atoms with Crippen molar-refractivity contribution in [2.45, 2.75) is 13.0 Å². The number of hydrogen-bond acceptors (Lipinski definition) is 8.